The molecule has 0 fully saturated rings. The molecule has 3 nitrogen and oxygen atoms in total. The molecule has 1 aliphatic heterocycles. The van der Waals surface area contributed by atoms with Crippen molar-refractivity contribution in [3.8, 4) is 0 Å². The molecule has 19 heavy (non-hydrogen) atoms. The van der Waals surface area contributed by atoms with Gasteiger partial charge in [0, 0.05) is 12.3 Å². The van der Waals surface area contributed by atoms with Gasteiger partial charge in [-0.05, 0) is 17.6 Å². The summed E-state index contributed by atoms with van der Waals surface area (Å²) >= 11 is 0. The van der Waals surface area contributed by atoms with E-state index in [1.54, 1.807) is 0 Å². The highest BCUT2D eigenvalue weighted by Crippen LogP contribution is 2.34. The lowest BCUT2D eigenvalue weighted by Crippen LogP contribution is -2.43. The molecule has 1 aromatic carbocycles. The van der Waals surface area contributed by atoms with Crippen molar-refractivity contribution in [2.45, 2.75) is 38.6 Å². The van der Waals surface area contributed by atoms with Crippen LogP contribution in [-0.2, 0) is 4.74 Å². The van der Waals surface area contributed by atoms with Crippen LogP contribution in [0.2, 0.25) is 0 Å². The van der Waals surface area contributed by atoms with E-state index in [-0.39, 0.29) is 6.04 Å². The van der Waals surface area contributed by atoms with Crippen LogP contribution < -0.4 is 11.3 Å². The smallest absolute Gasteiger partial charge is 0.111 e. The Morgan fingerprint density at radius 1 is 1.32 bits per heavy atom. The van der Waals surface area contributed by atoms with Crippen LogP contribution in [0.1, 0.15) is 38.2 Å². The van der Waals surface area contributed by atoms with Gasteiger partial charge in [-0.1, -0.05) is 50.6 Å². The van der Waals surface area contributed by atoms with Crippen molar-refractivity contribution in [1.29, 1.82) is 0 Å². The van der Waals surface area contributed by atoms with E-state index in [2.05, 4.69) is 49.6 Å². The van der Waals surface area contributed by atoms with Crippen molar-refractivity contribution in [2.75, 3.05) is 6.61 Å². The standard InChI is InChI=1S/C16H24N2O/c1-3-12(2)15(13-8-5-4-6-9-13)16(18-17)14-10-7-11-19-14/h4-6,8-10,12,15-16,18H,3,7,11,17H2,1-2H3. The number of hydrogen-bond donors (Lipinski definition) is 2. The molecule has 2 rings (SSSR count). The van der Waals surface area contributed by atoms with Gasteiger partial charge in [0.25, 0.3) is 0 Å². The van der Waals surface area contributed by atoms with E-state index in [1.165, 1.54) is 5.56 Å². The van der Waals surface area contributed by atoms with E-state index in [4.69, 9.17) is 10.6 Å². The van der Waals surface area contributed by atoms with Crippen LogP contribution in [0.15, 0.2) is 42.2 Å². The molecule has 1 aliphatic rings. The largest absolute Gasteiger partial charge is 0.496 e. The van der Waals surface area contributed by atoms with Gasteiger partial charge in [-0.2, -0.15) is 0 Å². The first-order valence-electron chi connectivity index (χ1n) is 7.11. The molecule has 0 spiro atoms. The van der Waals surface area contributed by atoms with Crippen molar-refractivity contribution in [3.05, 3.63) is 47.7 Å². The molecule has 0 radical (unpaired) electrons. The van der Waals surface area contributed by atoms with Gasteiger partial charge in [0.1, 0.15) is 5.76 Å². The normalized spacial score (nSPS) is 19.4. The molecular formula is C16H24N2O. The van der Waals surface area contributed by atoms with Crippen molar-refractivity contribution in [3.63, 3.8) is 0 Å². The SMILES string of the molecule is CCC(C)C(c1ccccc1)C(NN)C1=CCCO1. The lowest BCUT2D eigenvalue weighted by atomic mass is 9.79. The summed E-state index contributed by atoms with van der Waals surface area (Å²) in [6, 6.07) is 10.6. The average molecular weight is 260 g/mol. The minimum absolute atomic E-state index is 0.0554. The summed E-state index contributed by atoms with van der Waals surface area (Å²) in [7, 11) is 0. The van der Waals surface area contributed by atoms with Gasteiger partial charge in [-0.15, -0.1) is 0 Å². The van der Waals surface area contributed by atoms with Crippen molar-refractivity contribution in [2.24, 2.45) is 11.8 Å². The molecule has 0 aromatic heterocycles. The zero-order valence-electron chi connectivity index (χ0n) is 11.8. The Labute approximate surface area is 115 Å². The van der Waals surface area contributed by atoms with Gasteiger partial charge in [-0.25, -0.2) is 5.43 Å². The van der Waals surface area contributed by atoms with E-state index in [0.29, 0.717) is 11.8 Å². The van der Waals surface area contributed by atoms with E-state index >= 15 is 0 Å². The quantitative estimate of drug-likeness (QED) is 0.610. The number of hydrogen-bond acceptors (Lipinski definition) is 3. The highest BCUT2D eigenvalue weighted by Gasteiger charge is 2.31. The first-order valence-corrected chi connectivity index (χ1v) is 7.11. The minimum Gasteiger partial charge on any atom is -0.496 e. The summed E-state index contributed by atoms with van der Waals surface area (Å²) in [4.78, 5) is 0. The Bertz CT molecular complexity index is 416. The summed E-state index contributed by atoms with van der Waals surface area (Å²) < 4.78 is 5.72. The fourth-order valence-corrected chi connectivity index (χ4v) is 2.80. The zero-order chi connectivity index (χ0) is 13.7. The summed E-state index contributed by atoms with van der Waals surface area (Å²) in [5.74, 6) is 7.68. The molecule has 3 atom stereocenters. The predicted octanol–water partition coefficient (Wildman–Crippen LogP) is 2.95. The maximum atomic E-state index is 5.81. The zero-order valence-corrected chi connectivity index (χ0v) is 11.8. The second-order valence-electron chi connectivity index (χ2n) is 5.21. The number of nitrogens with two attached hydrogens (primary N) is 1. The van der Waals surface area contributed by atoms with Crippen LogP contribution in [0.5, 0.6) is 0 Å². The summed E-state index contributed by atoms with van der Waals surface area (Å²) in [6.07, 6.45) is 4.25. The third-order valence-corrected chi connectivity index (χ3v) is 4.02. The lowest BCUT2D eigenvalue weighted by Gasteiger charge is -2.32. The number of benzene rings is 1. The molecule has 0 saturated carbocycles. The molecule has 1 heterocycles. The van der Waals surface area contributed by atoms with Gasteiger partial charge < -0.3 is 4.74 Å². The van der Waals surface area contributed by atoms with Crippen LogP contribution >= 0.6 is 0 Å². The predicted molar refractivity (Wildman–Crippen MR) is 78.4 cm³/mol. The van der Waals surface area contributed by atoms with Crippen molar-refractivity contribution < 1.29 is 4.74 Å². The van der Waals surface area contributed by atoms with Crippen LogP contribution in [0.25, 0.3) is 0 Å². The average Bonchev–Trinajstić information content (AvgIpc) is 2.98. The Balaban J connectivity index is 2.30. The topological polar surface area (TPSA) is 47.3 Å². The van der Waals surface area contributed by atoms with E-state index < -0.39 is 0 Å². The third kappa shape index (κ3) is 3.17. The van der Waals surface area contributed by atoms with Gasteiger partial charge in [0.15, 0.2) is 0 Å². The molecule has 0 saturated heterocycles. The monoisotopic (exact) mass is 260 g/mol. The molecule has 0 aliphatic carbocycles. The molecule has 104 valence electrons. The first kappa shape index (κ1) is 14.1. The van der Waals surface area contributed by atoms with Crippen LogP contribution in [0, 0.1) is 5.92 Å². The number of hydrazine groups is 1. The van der Waals surface area contributed by atoms with Crippen LogP contribution in [0.3, 0.4) is 0 Å². The van der Waals surface area contributed by atoms with Gasteiger partial charge in [0.2, 0.25) is 0 Å². The maximum Gasteiger partial charge on any atom is 0.111 e. The highest BCUT2D eigenvalue weighted by molar-refractivity contribution is 5.26. The minimum atomic E-state index is 0.0554. The molecule has 0 bridgehead atoms. The Hall–Kier alpha value is -1.32. The molecule has 3 heteroatoms. The van der Waals surface area contributed by atoms with E-state index in [1.807, 2.05) is 6.07 Å². The summed E-state index contributed by atoms with van der Waals surface area (Å²) in [5.41, 5.74) is 4.28. The summed E-state index contributed by atoms with van der Waals surface area (Å²) in [5, 5.41) is 0. The van der Waals surface area contributed by atoms with E-state index in [0.717, 1.165) is 25.2 Å². The first-order chi connectivity index (χ1) is 9.27. The van der Waals surface area contributed by atoms with Crippen LogP contribution in [0.4, 0.5) is 0 Å². The Kier molecular flexibility index (Phi) is 5.00. The van der Waals surface area contributed by atoms with Gasteiger partial charge in [0.05, 0.1) is 12.6 Å². The fourth-order valence-electron chi connectivity index (χ4n) is 2.80. The summed E-state index contributed by atoms with van der Waals surface area (Å²) in [6.45, 7) is 5.27. The fraction of sp³-hybridized carbons (Fsp3) is 0.500. The number of rotatable bonds is 6. The second-order valence-corrected chi connectivity index (χ2v) is 5.21. The Morgan fingerprint density at radius 2 is 2.05 bits per heavy atom. The highest BCUT2D eigenvalue weighted by atomic mass is 16.5. The number of ether oxygens (including phenoxy) is 1. The molecule has 0 amide bonds. The molecule has 1 aromatic rings. The number of nitrogens with one attached hydrogen (secondary N) is 1. The third-order valence-electron chi connectivity index (χ3n) is 4.02. The van der Waals surface area contributed by atoms with Crippen molar-refractivity contribution >= 4 is 0 Å². The van der Waals surface area contributed by atoms with Gasteiger partial charge >= 0.3 is 0 Å². The van der Waals surface area contributed by atoms with Crippen LogP contribution in [-0.4, -0.2) is 12.6 Å². The van der Waals surface area contributed by atoms with E-state index in [9.17, 15) is 0 Å². The van der Waals surface area contributed by atoms with Crippen molar-refractivity contribution in [1.82, 2.24) is 5.43 Å². The second kappa shape index (κ2) is 6.73. The molecule has 3 unspecified atom stereocenters. The molecular weight excluding hydrogens is 236 g/mol. The van der Waals surface area contributed by atoms with Gasteiger partial charge in [-0.3, -0.25) is 5.84 Å². The molecule has 3 N–H and O–H groups in total. The lowest BCUT2D eigenvalue weighted by molar-refractivity contribution is 0.194. The maximum absolute atomic E-state index is 5.81. The Morgan fingerprint density at radius 3 is 2.58 bits per heavy atom.